The number of aryl methyl sites for hydroxylation is 1. The van der Waals surface area contributed by atoms with Crippen molar-refractivity contribution in [2.45, 2.75) is 20.0 Å². The first-order valence-corrected chi connectivity index (χ1v) is 8.44. The molecule has 1 heterocycles. The summed E-state index contributed by atoms with van der Waals surface area (Å²) in [5.74, 6) is 0.457. The molecule has 0 saturated heterocycles. The lowest BCUT2D eigenvalue weighted by Gasteiger charge is -2.11. The zero-order valence-electron chi connectivity index (χ0n) is 14.9. The number of hydrogen-bond acceptors (Lipinski definition) is 2. The summed E-state index contributed by atoms with van der Waals surface area (Å²) in [6.45, 7) is 2.84. The summed E-state index contributed by atoms with van der Waals surface area (Å²) >= 11 is 0. The van der Waals surface area contributed by atoms with Crippen LogP contribution in [0.3, 0.4) is 0 Å². The largest absolute Gasteiger partial charge is 0.352 e. The summed E-state index contributed by atoms with van der Waals surface area (Å²) in [6.07, 6.45) is 3.80. The maximum absolute atomic E-state index is 13.6. The lowest BCUT2D eigenvalue weighted by atomic mass is 10.1. The summed E-state index contributed by atoms with van der Waals surface area (Å²) in [6, 6.07) is 15.2. The van der Waals surface area contributed by atoms with E-state index in [4.69, 9.17) is 0 Å². The molecule has 0 aliphatic heterocycles. The molecule has 0 aliphatic rings. The van der Waals surface area contributed by atoms with Gasteiger partial charge < -0.3 is 10.6 Å². The van der Waals surface area contributed by atoms with Crippen LogP contribution < -0.4 is 10.6 Å². The van der Waals surface area contributed by atoms with E-state index in [1.54, 1.807) is 26.1 Å². The van der Waals surface area contributed by atoms with Crippen LogP contribution in [0, 0.1) is 12.7 Å². The minimum absolute atomic E-state index is 0.194. The number of aromatic nitrogens is 2. The van der Waals surface area contributed by atoms with Gasteiger partial charge in [-0.2, -0.15) is 5.10 Å². The Morgan fingerprint density at radius 2 is 1.81 bits per heavy atom. The van der Waals surface area contributed by atoms with Crippen LogP contribution in [0.4, 0.5) is 4.39 Å². The molecule has 1 aromatic heterocycles. The Hall–Kier alpha value is -3.15. The second kappa shape index (κ2) is 8.29. The number of hydrogen-bond donors (Lipinski definition) is 2. The Morgan fingerprint density at radius 1 is 1.08 bits per heavy atom. The summed E-state index contributed by atoms with van der Waals surface area (Å²) in [5, 5.41) is 10.8. The van der Waals surface area contributed by atoms with Crippen LogP contribution in [0.25, 0.3) is 5.69 Å². The highest BCUT2D eigenvalue weighted by atomic mass is 19.1. The topological polar surface area (TPSA) is 54.2 Å². The Kier molecular flexibility index (Phi) is 5.63. The summed E-state index contributed by atoms with van der Waals surface area (Å²) in [4.78, 5) is 4.20. The van der Waals surface area contributed by atoms with E-state index in [9.17, 15) is 4.39 Å². The molecule has 26 heavy (non-hydrogen) atoms. The molecule has 0 spiro atoms. The molecule has 0 radical (unpaired) electrons. The normalized spacial score (nSPS) is 11.4. The maximum Gasteiger partial charge on any atom is 0.191 e. The van der Waals surface area contributed by atoms with Crippen LogP contribution in [-0.2, 0) is 13.1 Å². The van der Waals surface area contributed by atoms with Crippen LogP contribution >= 0.6 is 0 Å². The van der Waals surface area contributed by atoms with Gasteiger partial charge in [0.1, 0.15) is 5.82 Å². The van der Waals surface area contributed by atoms with E-state index in [0.29, 0.717) is 24.6 Å². The van der Waals surface area contributed by atoms with Gasteiger partial charge in [0, 0.05) is 31.9 Å². The Bertz CT molecular complexity index is 886. The molecule has 2 aromatic carbocycles. The molecule has 0 amide bonds. The molecule has 0 aliphatic carbocycles. The van der Waals surface area contributed by atoms with Crippen molar-refractivity contribution in [2.24, 2.45) is 4.99 Å². The fourth-order valence-electron chi connectivity index (χ4n) is 2.51. The summed E-state index contributed by atoms with van der Waals surface area (Å²) in [5.41, 5.74) is 3.57. The molecule has 5 nitrogen and oxygen atoms in total. The van der Waals surface area contributed by atoms with Gasteiger partial charge in [-0.3, -0.25) is 4.99 Å². The zero-order valence-corrected chi connectivity index (χ0v) is 14.9. The number of rotatable bonds is 5. The lowest BCUT2D eigenvalue weighted by Crippen LogP contribution is -2.36. The summed E-state index contributed by atoms with van der Waals surface area (Å²) < 4.78 is 15.4. The SMILES string of the molecule is CN=C(NCc1ccc(C)c(F)c1)NCc1cnn(-c2ccccc2)c1. The van der Waals surface area contributed by atoms with E-state index in [1.807, 2.05) is 53.5 Å². The number of guanidine groups is 1. The standard InChI is InChI=1S/C20H22FN5/c1-15-8-9-16(10-19(15)21)11-23-20(22-2)24-12-17-13-25-26(14-17)18-6-4-3-5-7-18/h3-10,13-14H,11-12H2,1-2H3,(H2,22,23,24). The number of halogens is 1. The van der Waals surface area contributed by atoms with Gasteiger partial charge in [0.15, 0.2) is 5.96 Å². The van der Waals surface area contributed by atoms with Crippen molar-refractivity contribution >= 4 is 5.96 Å². The number of aliphatic imine (C=N–C) groups is 1. The third-order valence-electron chi connectivity index (χ3n) is 4.04. The van der Waals surface area contributed by atoms with Crippen molar-refractivity contribution in [2.75, 3.05) is 7.05 Å². The van der Waals surface area contributed by atoms with Gasteiger partial charge in [-0.1, -0.05) is 30.3 Å². The van der Waals surface area contributed by atoms with Gasteiger partial charge in [0.05, 0.1) is 11.9 Å². The minimum Gasteiger partial charge on any atom is -0.352 e. The molecule has 0 unspecified atom stereocenters. The van der Waals surface area contributed by atoms with Crippen LogP contribution in [0.1, 0.15) is 16.7 Å². The minimum atomic E-state index is -0.194. The number of nitrogens with zero attached hydrogens (tertiary/aromatic N) is 3. The van der Waals surface area contributed by atoms with Crippen LogP contribution in [-0.4, -0.2) is 22.8 Å². The zero-order chi connectivity index (χ0) is 18.4. The predicted octanol–water partition coefficient (Wildman–Crippen LogP) is 3.19. The molecule has 0 atom stereocenters. The summed E-state index contributed by atoms with van der Waals surface area (Å²) in [7, 11) is 1.71. The lowest BCUT2D eigenvalue weighted by molar-refractivity contribution is 0.615. The van der Waals surface area contributed by atoms with Crippen molar-refractivity contribution in [3.8, 4) is 5.69 Å². The second-order valence-electron chi connectivity index (χ2n) is 5.99. The van der Waals surface area contributed by atoms with Crippen molar-refractivity contribution in [1.82, 2.24) is 20.4 Å². The number of para-hydroxylation sites is 1. The van der Waals surface area contributed by atoms with E-state index >= 15 is 0 Å². The molecule has 0 fully saturated rings. The monoisotopic (exact) mass is 351 g/mol. The van der Waals surface area contributed by atoms with Crippen LogP contribution in [0.15, 0.2) is 65.9 Å². The van der Waals surface area contributed by atoms with Crippen molar-refractivity contribution < 1.29 is 4.39 Å². The first-order valence-electron chi connectivity index (χ1n) is 8.44. The molecule has 0 bridgehead atoms. The van der Waals surface area contributed by atoms with Gasteiger partial charge in [-0.05, 0) is 36.2 Å². The average Bonchev–Trinajstić information content (AvgIpc) is 3.14. The fourth-order valence-corrected chi connectivity index (χ4v) is 2.51. The number of nitrogens with one attached hydrogen (secondary N) is 2. The predicted molar refractivity (Wildman–Crippen MR) is 102 cm³/mol. The third-order valence-corrected chi connectivity index (χ3v) is 4.04. The van der Waals surface area contributed by atoms with E-state index < -0.39 is 0 Å². The Balaban J connectivity index is 1.54. The first kappa shape index (κ1) is 17.7. The fraction of sp³-hybridized carbons (Fsp3) is 0.200. The highest BCUT2D eigenvalue weighted by Crippen LogP contribution is 2.09. The van der Waals surface area contributed by atoms with Crippen molar-refractivity contribution in [1.29, 1.82) is 0 Å². The van der Waals surface area contributed by atoms with Gasteiger partial charge in [-0.15, -0.1) is 0 Å². The van der Waals surface area contributed by atoms with Crippen molar-refractivity contribution in [3.63, 3.8) is 0 Å². The molecule has 2 N–H and O–H groups in total. The maximum atomic E-state index is 13.6. The van der Waals surface area contributed by atoms with Crippen LogP contribution in [0.5, 0.6) is 0 Å². The van der Waals surface area contributed by atoms with Crippen LogP contribution in [0.2, 0.25) is 0 Å². The average molecular weight is 351 g/mol. The smallest absolute Gasteiger partial charge is 0.191 e. The molecular formula is C20H22FN5. The Labute approximate surface area is 152 Å². The Morgan fingerprint density at radius 3 is 2.50 bits per heavy atom. The van der Waals surface area contributed by atoms with Gasteiger partial charge in [-0.25, -0.2) is 9.07 Å². The van der Waals surface area contributed by atoms with Gasteiger partial charge in [0.25, 0.3) is 0 Å². The number of benzene rings is 2. The van der Waals surface area contributed by atoms with E-state index in [0.717, 1.165) is 16.8 Å². The molecule has 3 aromatic rings. The molecule has 0 saturated carbocycles. The quantitative estimate of drug-likeness (QED) is 0.548. The van der Waals surface area contributed by atoms with Crippen molar-refractivity contribution in [3.05, 3.63) is 83.4 Å². The highest BCUT2D eigenvalue weighted by molar-refractivity contribution is 5.79. The molecule has 6 heteroatoms. The van der Waals surface area contributed by atoms with E-state index in [-0.39, 0.29) is 5.82 Å². The van der Waals surface area contributed by atoms with Gasteiger partial charge in [0.2, 0.25) is 0 Å². The highest BCUT2D eigenvalue weighted by Gasteiger charge is 2.04. The van der Waals surface area contributed by atoms with E-state index in [2.05, 4.69) is 20.7 Å². The van der Waals surface area contributed by atoms with E-state index in [1.165, 1.54) is 0 Å². The molecular weight excluding hydrogens is 329 g/mol. The first-order chi connectivity index (χ1) is 12.7. The third kappa shape index (κ3) is 4.47. The molecule has 134 valence electrons. The molecule has 3 rings (SSSR count). The van der Waals surface area contributed by atoms with Gasteiger partial charge >= 0.3 is 0 Å². The second-order valence-corrected chi connectivity index (χ2v) is 5.99.